The summed E-state index contributed by atoms with van der Waals surface area (Å²) in [6, 6.07) is 10.3. The van der Waals surface area contributed by atoms with Gasteiger partial charge in [-0.15, -0.1) is 0 Å². The fourth-order valence-corrected chi connectivity index (χ4v) is 2.51. The summed E-state index contributed by atoms with van der Waals surface area (Å²) in [6.45, 7) is 4.85. The molecule has 5 nitrogen and oxygen atoms in total. The van der Waals surface area contributed by atoms with Crippen LogP contribution < -0.4 is 40.9 Å². The van der Waals surface area contributed by atoms with Gasteiger partial charge in [0, 0.05) is 26.7 Å². The van der Waals surface area contributed by atoms with Crippen LogP contribution in [0.2, 0.25) is 0 Å². The molecule has 5 N–H and O–H groups in total. The first-order valence-corrected chi connectivity index (χ1v) is 6.73. The van der Waals surface area contributed by atoms with Crippen LogP contribution in [0.25, 0.3) is 0 Å². The standard InChI is InChI=1S/C14H22N4O.2ClH/c1-19-13(12-5-3-2-4-6-12)11-17-7-9-18(10-8-17)14(15)16;;/h2-6,13H,7-11H2,1H3,(H3,15,16);2*1H. The number of guanidine groups is 1. The SMILES string of the molecule is COC(CN1CC[NH+](C(N)=[NH2+])CC1)c1ccccc1.[Cl-].[Cl-]. The zero-order chi connectivity index (χ0) is 13.7. The van der Waals surface area contributed by atoms with E-state index in [9.17, 15) is 0 Å². The van der Waals surface area contributed by atoms with Gasteiger partial charge in [-0.25, -0.2) is 16.0 Å². The Morgan fingerprint density at radius 2 is 1.86 bits per heavy atom. The van der Waals surface area contributed by atoms with Gasteiger partial charge in [-0.1, -0.05) is 30.3 Å². The summed E-state index contributed by atoms with van der Waals surface area (Å²) in [5.74, 6) is 0.506. The van der Waals surface area contributed by atoms with Gasteiger partial charge in [-0.2, -0.15) is 0 Å². The van der Waals surface area contributed by atoms with Gasteiger partial charge in [-0.3, -0.25) is 4.90 Å². The summed E-state index contributed by atoms with van der Waals surface area (Å²) >= 11 is 0. The lowest BCUT2D eigenvalue weighted by molar-refractivity contribution is -0.826. The lowest BCUT2D eigenvalue weighted by atomic mass is 10.1. The number of nitrogens with one attached hydrogen (secondary N) is 1. The molecule has 120 valence electrons. The summed E-state index contributed by atoms with van der Waals surface area (Å²) < 4.78 is 5.61. The zero-order valence-corrected chi connectivity index (χ0v) is 13.8. The Bertz CT molecular complexity index is 411. The van der Waals surface area contributed by atoms with Crippen LogP contribution in [0.3, 0.4) is 0 Å². The third kappa shape index (κ3) is 5.80. The Morgan fingerprint density at radius 3 is 2.33 bits per heavy atom. The third-order valence-corrected chi connectivity index (χ3v) is 3.75. The van der Waals surface area contributed by atoms with E-state index in [4.69, 9.17) is 15.9 Å². The molecular formula is C14H24Cl2N4O. The summed E-state index contributed by atoms with van der Waals surface area (Å²) in [6.07, 6.45) is 0.127. The molecule has 2 rings (SSSR count). The zero-order valence-electron chi connectivity index (χ0n) is 12.3. The maximum absolute atomic E-state index is 5.65. The van der Waals surface area contributed by atoms with Gasteiger partial charge in [0.15, 0.2) is 0 Å². The number of ether oxygens (including phenoxy) is 1. The average molecular weight is 335 g/mol. The number of quaternary nitrogens is 1. The first-order valence-electron chi connectivity index (χ1n) is 6.73. The molecule has 0 aromatic heterocycles. The van der Waals surface area contributed by atoms with Gasteiger partial charge < -0.3 is 29.6 Å². The van der Waals surface area contributed by atoms with E-state index < -0.39 is 0 Å². The van der Waals surface area contributed by atoms with Crippen LogP contribution in [0.1, 0.15) is 11.7 Å². The predicted octanol–water partition coefficient (Wildman–Crippen LogP) is -8.34. The van der Waals surface area contributed by atoms with Crippen LogP contribution in [0, 0.1) is 0 Å². The van der Waals surface area contributed by atoms with E-state index in [1.54, 1.807) is 7.11 Å². The van der Waals surface area contributed by atoms with Crippen LogP contribution in [0.15, 0.2) is 30.3 Å². The Balaban J connectivity index is 0.00000200. The van der Waals surface area contributed by atoms with E-state index in [2.05, 4.69) is 17.0 Å². The average Bonchev–Trinajstić information content (AvgIpc) is 2.46. The van der Waals surface area contributed by atoms with Crippen LogP contribution in [0.5, 0.6) is 0 Å². The Hall–Kier alpha value is -0.850. The van der Waals surface area contributed by atoms with Gasteiger partial charge in [0.2, 0.25) is 0 Å². The second-order valence-electron chi connectivity index (χ2n) is 4.99. The highest BCUT2D eigenvalue weighted by atomic mass is 35.5. The third-order valence-electron chi connectivity index (χ3n) is 3.75. The normalized spacial score (nSPS) is 17.4. The Morgan fingerprint density at radius 1 is 1.29 bits per heavy atom. The van der Waals surface area contributed by atoms with Crippen molar-refractivity contribution >= 4 is 5.96 Å². The molecule has 1 aliphatic heterocycles. The van der Waals surface area contributed by atoms with E-state index in [0.717, 1.165) is 32.7 Å². The summed E-state index contributed by atoms with van der Waals surface area (Å²) in [5.41, 5.74) is 6.87. The monoisotopic (exact) mass is 334 g/mol. The van der Waals surface area contributed by atoms with Crippen LogP contribution in [-0.4, -0.2) is 50.7 Å². The van der Waals surface area contributed by atoms with E-state index in [1.165, 1.54) is 10.5 Å². The van der Waals surface area contributed by atoms with Gasteiger partial charge in [0.25, 0.3) is 0 Å². The molecule has 0 bridgehead atoms. The molecule has 0 saturated carbocycles. The van der Waals surface area contributed by atoms with Crippen molar-refractivity contribution in [2.75, 3.05) is 39.8 Å². The fraction of sp³-hybridized carbons (Fsp3) is 0.500. The van der Waals surface area contributed by atoms with Gasteiger partial charge >= 0.3 is 5.96 Å². The van der Waals surface area contributed by atoms with Crippen molar-refractivity contribution in [2.45, 2.75) is 6.10 Å². The van der Waals surface area contributed by atoms with Crippen LogP contribution in [0.4, 0.5) is 0 Å². The smallest absolute Gasteiger partial charge is 0.435 e. The number of nitrogens with zero attached hydrogens (tertiary/aromatic N) is 1. The number of benzene rings is 1. The first kappa shape index (κ1) is 20.1. The molecule has 1 aliphatic rings. The number of methoxy groups -OCH3 is 1. The number of hydrogen-bond donors (Lipinski definition) is 3. The molecule has 1 unspecified atom stereocenters. The van der Waals surface area contributed by atoms with Gasteiger partial charge in [0.05, 0.1) is 6.10 Å². The molecule has 0 spiro atoms. The lowest BCUT2D eigenvalue weighted by Gasteiger charge is -2.31. The van der Waals surface area contributed by atoms with Crippen molar-refractivity contribution in [3.63, 3.8) is 0 Å². The molecule has 1 aromatic rings. The minimum Gasteiger partial charge on any atom is -1.00 e. The molecule has 0 amide bonds. The minimum absolute atomic E-state index is 0. The van der Waals surface area contributed by atoms with Crippen molar-refractivity contribution < 1.29 is 39.9 Å². The van der Waals surface area contributed by atoms with Crippen molar-refractivity contribution in [1.29, 1.82) is 0 Å². The molecule has 21 heavy (non-hydrogen) atoms. The highest BCUT2D eigenvalue weighted by Gasteiger charge is 2.26. The number of rotatable bonds is 4. The van der Waals surface area contributed by atoms with Crippen molar-refractivity contribution in [2.24, 2.45) is 5.73 Å². The molecule has 1 fully saturated rings. The van der Waals surface area contributed by atoms with Crippen molar-refractivity contribution in [1.82, 2.24) is 4.90 Å². The second kappa shape index (κ2) is 9.97. The summed E-state index contributed by atoms with van der Waals surface area (Å²) in [7, 11) is 1.77. The maximum Gasteiger partial charge on any atom is 0.435 e. The minimum atomic E-state index is 0. The van der Waals surface area contributed by atoms with Crippen molar-refractivity contribution in [3.05, 3.63) is 35.9 Å². The molecule has 1 saturated heterocycles. The van der Waals surface area contributed by atoms with E-state index in [0.29, 0.717) is 5.96 Å². The largest absolute Gasteiger partial charge is 1.00 e. The number of halogens is 2. The molecule has 1 aromatic carbocycles. The van der Waals surface area contributed by atoms with E-state index >= 15 is 0 Å². The number of hydrogen-bond acceptors (Lipinski definition) is 2. The second-order valence-corrected chi connectivity index (χ2v) is 4.99. The van der Waals surface area contributed by atoms with Gasteiger partial charge in [-0.05, 0) is 5.56 Å². The van der Waals surface area contributed by atoms with Crippen LogP contribution in [-0.2, 0) is 4.74 Å². The van der Waals surface area contributed by atoms with Crippen LogP contribution >= 0.6 is 0 Å². The number of piperazine rings is 1. The summed E-state index contributed by atoms with van der Waals surface area (Å²) in [4.78, 5) is 3.61. The molecule has 1 atom stereocenters. The lowest BCUT2D eigenvalue weighted by Crippen LogP contribution is -3.21. The molecule has 0 aliphatic carbocycles. The Kier molecular flexibility index (Phi) is 9.57. The highest BCUT2D eigenvalue weighted by molar-refractivity contribution is 5.61. The predicted molar refractivity (Wildman–Crippen MR) is 74.4 cm³/mol. The first-order chi connectivity index (χ1) is 9.20. The molecular weight excluding hydrogens is 311 g/mol. The maximum atomic E-state index is 5.65. The number of nitrogens with two attached hydrogens (primary N) is 2. The molecule has 0 radical (unpaired) electrons. The fourth-order valence-electron chi connectivity index (χ4n) is 2.51. The van der Waals surface area contributed by atoms with Crippen molar-refractivity contribution in [3.8, 4) is 0 Å². The quantitative estimate of drug-likeness (QED) is 0.378. The Labute approximate surface area is 138 Å². The summed E-state index contributed by atoms with van der Waals surface area (Å²) in [5, 5.41) is 5.65. The molecule has 1 heterocycles. The van der Waals surface area contributed by atoms with E-state index in [-0.39, 0.29) is 30.9 Å². The highest BCUT2D eigenvalue weighted by Crippen LogP contribution is 2.17. The topological polar surface area (TPSA) is 68.5 Å². The van der Waals surface area contributed by atoms with E-state index in [1.807, 2.05) is 18.2 Å². The molecule has 7 heteroatoms. The van der Waals surface area contributed by atoms with Gasteiger partial charge in [0.1, 0.15) is 13.1 Å².